The largest absolute Gasteiger partial charge is 0.493 e. The van der Waals surface area contributed by atoms with Crippen LogP contribution in [-0.2, 0) is 16.6 Å². The Morgan fingerprint density at radius 1 is 1.07 bits per heavy atom. The molecule has 9 nitrogen and oxygen atoms in total. The lowest BCUT2D eigenvalue weighted by Gasteiger charge is -2.31. The van der Waals surface area contributed by atoms with Crippen LogP contribution in [0.1, 0.15) is 5.56 Å². The molecular formula is C19H24N3O6S+. The van der Waals surface area contributed by atoms with Crippen molar-refractivity contribution < 1.29 is 27.7 Å². The Kier molecular flexibility index (Phi) is 6.36. The second-order valence-electron chi connectivity index (χ2n) is 6.71. The van der Waals surface area contributed by atoms with Crippen molar-refractivity contribution in [1.29, 1.82) is 0 Å². The zero-order chi connectivity index (χ0) is 21.0. The maximum absolute atomic E-state index is 12.9. The average Bonchev–Trinajstić information content (AvgIpc) is 2.73. The maximum Gasteiger partial charge on any atom is 0.289 e. The molecule has 0 amide bonds. The fourth-order valence-electron chi connectivity index (χ4n) is 3.55. The van der Waals surface area contributed by atoms with Gasteiger partial charge in [0.05, 0.1) is 50.9 Å². The van der Waals surface area contributed by atoms with Crippen molar-refractivity contribution >= 4 is 15.7 Å². The van der Waals surface area contributed by atoms with Crippen LogP contribution < -0.4 is 14.4 Å². The Bertz CT molecular complexity index is 987. The Hall–Kier alpha value is -2.69. The molecule has 1 saturated heterocycles. The minimum Gasteiger partial charge on any atom is -0.493 e. The van der Waals surface area contributed by atoms with Crippen LogP contribution in [0.5, 0.6) is 11.5 Å². The first-order valence-electron chi connectivity index (χ1n) is 9.15. The van der Waals surface area contributed by atoms with E-state index in [0.29, 0.717) is 31.1 Å². The molecule has 1 aliphatic rings. The predicted molar refractivity (Wildman–Crippen MR) is 106 cm³/mol. The van der Waals surface area contributed by atoms with Gasteiger partial charge in [-0.05, 0) is 18.2 Å². The van der Waals surface area contributed by atoms with E-state index >= 15 is 0 Å². The van der Waals surface area contributed by atoms with Gasteiger partial charge in [0.2, 0.25) is 10.0 Å². The summed E-state index contributed by atoms with van der Waals surface area (Å²) in [6.45, 7) is 2.41. The van der Waals surface area contributed by atoms with Crippen LogP contribution in [0.25, 0.3) is 0 Å². The Morgan fingerprint density at radius 3 is 2.38 bits per heavy atom. The van der Waals surface area contributed by atoms with Crippen LogP contribution in [0, 0.1) is 10.1 Å². The van der Waals surface area contributed by atoms with Gasteiger partial charge in [-0.3, -0.25) is 10.1 Å². The summed E-state index contributed by atoms with van der Waals surface area (Å²) in [6.07, 6.45) is 0. The molecule has 0 aromatic heterocycles. The van der Waals surface area contributed by atoms with Gasteiger partial charge >= 0.3 is 0 Å². The van der Waals surface area contributed by atoms with Crippen molar-refractivity contribution in [1.82, 2.24) is 4.31 Å². The standard InChI is InChI=1S/C19H23N3O6S/c1-27-17-8-5-6-15(19(17)28-2)14-20-10-12-21(13-11-20)29(25,26)18-9-4-3-7-16(18)22(23)24/h3-9H,10-14H2,1-2H3/p+1. The van der Waals surface area contributed by atoms with Crippen molar-refractivity contribution in [2.75, 3.05) is 40.4 Å². The van der Waals surface area contributed by atoms with E-state index in [1.54, 1.807) is 14.2 Å². The van der Waals surface area contributed by atoms with Crippen molar-refractivity contribution in [2.45, 2.75) is 11.4 Å². The minimum atomic E-state index is -3.92. The van der Waals surface area contributed by atoms with Crippen molar-refractivity contribution in [2.24, 2.45) is 0 Å². The van der Waals surface area contributed by atoms with E-state index < -0.39 is 20.6 Å². The van der Waals surface area contributed by atoms with E-state index in [-0.39, 0.29) is 18.0 Å². The fourth-order valence-corrected chi connectivity index (χ4v) is 5.15. The molecule has 2 aromatic rings. The van der Waals surface area contributed by atoms with Crippen LogP contribution in [0.4, 0.5) is 5.69 Å². The summed E-state index contributed by atoms with van der Waals surface area (Å²) in [6, 6.07) is 11.1. The zero-order valence-corrected chi connectivity index (χ0v) is 17.1. The van der Waals surface area contributed by atoms with E-state index in [1.165, 1.54) is 33.5 Å². The van der Waals surface area contributed by atoms with E-state index in [4.69, 9.17) is 9.47 Å². The molecule has 2 aromatic carbocycles. The molecule has 0 unspecified atom stereocenters. The third-order valence-electron chi connectivity index (χ3n) is 5.03. The summed E-state index contributed by atoms with van der Waals surface area (Å²) in [4.78, 5) is 11.5. The summed E-state index contributed by atoms with van der Waals surface area (Å²) in [5.41, 5.74) is 0.584. The third kappa shape index (κ3) is 4.34. The van der Waals surface area contributed by atoms with E-state index in [9.17, 15) is 18.5 Å². The van der Waals surface area contributed by atoms with Crippen LogP contribution in [-0.4, -0.2) is 58.0 Å². The van der Waals surface area contributed by atoms with Gasteiger partial charge in [-0.25, -0.2) is 8.42 Å². The topological polar surface area (TPSA) is 103 Å². The van der Waals surface area contributed by atoms with Gasteiger partial charge in [-0.1, -0.05) is 18.2 Å². The Balaban J connectivity index is 1.72. The van der Waals surface area contributed by atoms with Crippen LogP contribution in [0.2, 0.25) is 0 Å². The Labute approximate surface area is 169 Å². The van der Waals surface area contributed by atoms with Crippen molar-refractivity contribution in [3.05, 3.63) is 58.1 Å². The first-order chi connectivity index (χ1) is 13.9. The molecule has 1 aliphatic heterocycles. The molecule has 0 atom stereocenters. The lowest BCUT2D eigenvalue weighted by Crippen LogP contribution is -3.13. The average molecular weight is 422 g/mol. The number of para-hydroxylation sites is 2. The van der Waals surface area contributed by atoms with E-state index in [2.05, 4.69) is 0 Å². The monoisotopic (exact) mass is 422 g/mol. The zero-order valence-electron chi connectivity index (χ0n) is 16.3. The molecule has 0 saturated carbocycles. The number of hydrogen-bond acceptors (Lipinski definition) is 6. The number of quaternary nitrogens is 1. The van der Waals surface area contributed by atoms with Gasteiger partial charge in [-0.2, -0.15) is 4.31 Å². The minimum absolute atomic E-state index is 0.261. The number of nitro benzene ring substituents is 1. The van der Waals surface area contributed by atoms with Crippen molar-refractivity contribution in [3.8, 4) is 11.5 Å². The van der Waals surface area contributed by atoms with Gasteiger partial charge in [0.1, 0.15) is 6.54 Å². The molecular weight excluding hydrogens is 398 g/mol. The smallest absolute Gasteiger partial charge is 0.289 e. The number of nitrogens with zero attached hydrogens (tertiary/aromatic N) is 2. The lowest BCUT2D eigenvalue weighted by atomic mass is 10.1. The summed E-state index contributed by atoms with van der Waals surface area (Å²) in [5.74, 6) is 1.33. The van der Waals surface area contributed by atoms with Crippen LogP contribution in [0.3, 0.4) is 0 Å². The van der Waals surface area contributed by atoms with Gasteiger partial charge in [0.15, 0.2) is 16.4 Å². The molecule has 1 fully saturated rings. The number of rotatable bonds is 7. The molecule has 29 heavy (non-hydrogen) atoms. The highest BCUT2D eigenvalue weighted by atomic mass is 32.2. The molecule has 1 heterocycles. The quantitative estimate of drug-likeness (QED) is 0.521. The SMILES string of the molecule is COc1cccc(C[NH+]2CCN(S(=O)(=O)c3ccccc3[N+](=O)[O-])CC2)c1OC. The molecule has 3 rings (SSSR count). The molecule has 0 spiro atoms. The van der Waals surface area contributed by atoms with Gasteiger partial charge in [0.25, 0.3) is 5.69 Å². The number of sulfonamides is 1. The van der Waals surface area contributed by atoms with Gasteiger partial charge < -0.3 is 14.4 Å². The molecule has 0 bridgehead atoms. The first kappa shape index (κ1) is 21.0. The Morgan fingerprint density at radius 2 is 1.76 bits per heavy atom. The van der Waals surface area contributed by atoms with E-state index in [1.807, 2.05) is 18.2 Å². The normalized spacial score (nSPS) is 15.8. The van der Waals surface area contributed by atoms with E-state index in [0.717, 1.165) is 5.56 Å². The molecule has 156 valence electrons. The maximum atomic E-state index is 12.9. The summed E-state index contributed by atoms with van der Waals surface area (Å²) in [7, 11) is -0.748. The number of hydrogen-bond donors (Lipinski definition) is 1. The number of methoxy groups -OCH3 is 2. The lowest BCUT2D eigenvalue weighted by molar-refractivity contribution is -0.917. The highest BCUT2D eigenvalue weighted by Crippen LogP contribution is 2.30. The van der Waals surface area contributed by atoms with Crippen molar-refractivity contribution in [3.63, 3.8) is 0 Å². The molecule has 0 radical (unpaired) electrons. The highest BCUT2D eigenvalue weighted by molar-refractivity contribution is 7.89. The van der Waals surface area contributed by atoms with Crippen LogP contribution >= 0.6 is 0 Å². The number of piperazine rings is 1. The number of benzene rings is 2. The molecule has 10 heteroatoms. The first-order valence-corrected chi connectivity index (χ1v) is 10.6. The van der Waals surface area contributed by atoms with Gasteiger partial charge in [0, 0.05) is 6.07 Å². The second-order valence-corrected chi connectivity index (χ2v) is 8.61. The van der Waals surface area contributed by atoms with Gasteiger partial charge in [-0.15, -0.1) is 0 Å². The summed E-state index contributed by atoms with van der Waals surface area (Å²) < 4.78 is 38.0. The second kappa shape index (κ2) is 8.76. The number of ether oxygens (including phenoxy) is 2. The van der Waals surface area contributed by atoms with Crippen LogP contribution in [0.15, 0.2) is 47.4 Å². The molecule has 0 aliphatic carbocycles. The fraction of sp³-hybridized carbons (Fsp3) is 0.368. The highest BCUT2D eigenvalue weighted by Gasteiger charge is 2.35. The summed E-state index contributed by atoms with van der Waals surface area (Å²) >= 11 is 0. The summed E-state index contributed by atoms with van der Waals surface area (Å²) in [5, 5.41) is 11.2. The number of nitro groups is 1. The number of nitrogens with one attached hydrogen (secondary N) is 1. The molecule has 1 N–H and O–H groups in total. The third-order valence-corrected chi connectivity index (χ3v) is 6.98. The predicted octanol–water partition coefficient (Wildman–Crippen LogP) is 0.701.